The topological polar surface area (TPSA) is 191 Å². The van der Waals surface area contributed by atoms with Gasteiger partial charge in [0.2, 0.25) is 17.7 Å². The van der Waals surface area contributed by atoms with Crippen LogP contribution in [-0.4, -0.2) is 82.3 Å². The first-order valence-electron chi connectivity index (χ1n) is 9.41. The second-order valence-corrected chi connectivity index (χ2v) is 7.66. The van der Waals surface area contributed by atoms with Gasteiger partial charge in [-0.05, 0) is 36.1 Å². The van der Waals surface area contributed by atoms with Crippen LogP contribution in [0.5, 0.6) is 5.75 Å². The first-order valence-corrected chi connectivity index (χ1v) is 10.8. The summed E-state index contributed by atoms with van der Waals surface area (Å²) in [6.45, 7) is -1.11. The Morgan fingerprint density at radius 3 is 2.26 bits per heavy atom. The van der Waals surface area contributed by atoms with Crippen LogP contribution in [0.25, 0.3) is 0 Å². The normalized spacial score (nSPS) is 13.5. The number of aliphatic hydroxyl groups is 1. The number of phenolic OH excluding ortho intramolecular Hbond substituents is 1. The second-order valence-electron chi connectivity index (χ2n) is 6.68. The zero-order valence-electron chi connectivity index (χ0n) is 17.0. The third-order valence-electron chi connectivity index (χ3n) is 4.21. The summed E-state index contributed by atoms with van der Waals surface area (Å²) in [5.74, 6) is -2.75. The molecular weight excluding hydrogens is 428 g/mol. The molecule has 0 spiro atoms. The number of aliphatic hydroxyl groups excluding tert-OH is 1. The summed E-state index contributed by atoms with van der Waals surface area (Å²) in [5, 5.41) is 34.7. The molecular formula is C19H28N4O7S. The average molecular weight is 457 g/mol. The van der Waals surface area contributed by atoms with Crippen LogP contribution in [0.15, 0.2) is 24.3 Å². The summed E-state index contributed by atoms with van der Waals surface area (Å²) in [7, 11) is 0. The van der Waals surface area contributed by atoms with E-state index < -0.39 is 55.0 Å². The number of aromatic hydroxyl groups is 1. The Labute approximate surface area is 183 Å². The van der Waals surface area contributed by atoms with Gasteiger partial charge in [0.05, 0.1) is 13.2 Å². The fourth-order valence-electron chi connectivity index (χ4n) is 2.47. The number of carboxylic acids is 1. The Bertz CT molecular complexity index is 760. The van der Waals surface area contributed by atoms with E-state index in [0.29, 0.717) is 11.3 Å². The number of nitrogens with one attached hydrogen (secondary N) is 3. The van der Waals surface area contributed by atoms with E-state index in [9.17, 15) is 24.3 Å². The van der Waals surface area contributed by atoms with E-state index in [1.165, 1.54) is 23.9 Å². The molecule has 3 atom stereocenters. The molecule has 0 aliphatic carbocycles. The molecule has 0 aliphatic rings. The molecule has 3 amide bonds. The molecule has 31 heavy (non-hydrogen) atoms. The monoisotopic (exact) mass is 456 g/mol. The first kappa shape index (κ1) is 26.2. The van der Waals surface area contributed by atoms with Crippen molar-refractivity contribution in [2.75, 3.05) is 25.2 Å². The SMILES string of the molecule is CSCCC(NC(=O)CNC(=O)C(Cc1ccc(O)cc1)NC(=O)C(N)CO)C(=O)O. The maximum Gasteiger partial charge on any atom is 0.326 e. The number of phenols is 1. The van der Waals surface area contributed by atoms with Crippen molar-refractivity contribution in [1.29, 1.82) is 0 Å². The fourth-order valence-corrected chi connectivity index (χ4v) is 2.94. The average Bonchev–Trinajstić information content (AvgIpc) is 2.74. The van der Waals surface area contributed by atoms with Gasteiger partial charge in [-0.25, -0.2) is 4.79 Å². The largest absolute Gasteiger partial charge is 0.508 e. The minimum atomic E-state index is -1.23. The molecule has 1 rings (SSSR count). The first-order chi connectivity index (χ1) is 14.7. The quantitative estimate of drug-likeness (QED) is 0.179. The highest BCUT2D eigenvalue weighted by Crippen LogP contribution is 2.11. The van der Waals surface area contributed by atoms with Crippen LogP contribution in [0.4, 0.5) is 0 Å². The minimum absolute atomic E-state index is 0.0298. The second kappa shape index (κ2) is 13.5. The molecule has 0 fully saturated rings. The molecule has 0 saturated heterocycles. The van der Waals surface area contributed by atoms with Crippen molar-refractivity contribution >= 4 is 35.5 Å². The molecule has 0 bridgehead atoms. The standard InChI is InChI=1S/C19H28N4O7S/c1-31-7-6-14(19(29)30)22-16(26)9-21-18(28)15(23-17(27)13(20)10-24)8-11-2-4-12(25)5-3-11/h2-5,13-15,24-25H,6-10,20H2,1H3,(H,21,28)(H,22,26)(H,23,27)(H,29,30). The van der Waals surface area contributed by atoms with E-state index in [0.717, 1.165) is 0 Å². The Balaban J connectivity index is 2.76. The summed E-state index contributed by atoms with van der Waals surface area (Å²) in [4.78, 5) is 47.9. The van der Waals surface area contributed by atoms with Gasteiger partial charge < -0.3 is 37.0 Å². The van der Waals surface area contributed by atoms with Crippen molar-refractivity contribution in [2.24, 2.45) is 5.73 Å². The van der Waals surface area contributed by atoms with E-state index >= 15 is 0 Å². The molecule has 11 nitrogen and oxygen atoms in total. The lowest BCUT2D eigenvalue weighted by atomic mass is 10.0. The van der Waals surface area contributed by atoms with Gasteiger partial charge in [-0.1, -0.05) is 12.1 Å². The number of benzene rings is 1. The number of carbonyl (C=O) groups excluding carboxylic acids is 3. The zero-order valence-corrected chi connectivity index (χ0v) is 17.9. The van der Waals surface area contributed by atoms with Crippen molar-refractivity contribution in [3.05, 3.63) is 29.8 Å². The lowest BCUT2D eigenvalue weighted by Crippen LogP contribution is -2.54. The van der Waals surface area contributed by atoms with E-state index in [1.807, 2.05) is 6.26 Å². The van der Waals surface area contributed by atoms with Gasteiger partial charge in [0.15, 0.2) is 0 Å². The highest BCUT2D eigenvalue weighted by Gasteiger charge is 2.25. The molecule has 3 unspecified atom stereocenters. The van der Waals surface area contributed by atoms with E-state index in [1.54, 1.807) is 12.1 Å². The molecule has 0 heterocycles. The third kappa shape index (κ3) is 9.68. The fraction of sp³-hybridized carbons (Fsp3) is 0.474. The molecule has 1 aromatic rings. The molecule has 0 aromatic heterocycles. The Morgan fingerprint density at radius 2 is 1.71 bits per heavy atom. The molecule has 0 aliphatic heterocycles. The number of hydrogen-bond donors (Lipinski definition) is 7. The number of carboxylic acid groups (broad SMARTS) is 1. The number of carbonyl (C=O) groups is 4. The van der Waals surface area contributed by atoms with Gasteiger partial charge in [-0.3, -0.25) is 14.4 Å². The smallest absolute Gasteiger partial charge is 0.326 e. The number of rotatable bonds is 13. The molecule has 172 valence electrons. The van der Waals surface area contributed by atoms with Crippen molar-refractivity contribution in [2.45, 2.75) is 31.0 Å². The van der Waals surface area contributed by atoms with Crippen LogP contribution in [0, 0.1) is 0 Å². The maximum atomic E-state index is 12.6. The molecule has 1 aromatic carbocycles. The number of amides is 3. The van der Waals surface area contributed by atoms with Crippen molar-refractivity contribution in [1.82, 2.24) is 16.0 Å². The number of nitrogens with two attached hydrogens (primary N) is 1. The minimum Gasteiger partial charge on any atom is -0.508 e. The van der Waals surface area contributed by atoms with Crippen LogP contribution in [0.3, 0.4) is 0 Å². The maximum absolute atomic E-state index is 12.6. The van der Waals surface area contributed by atoms with Crippen LogP contribution in [-0.2, 0) is 25.6 Å². The van der Waals surface area contributed by atoms with Gasteiger partial charge >= 0.3 is 5.97 Å². The summed E-state index contributed by atoms with van der Waals surface area (Å²) in [6.07, 6.45) is 2.07. The Morgan fingerprint density at radius 1 is 1.06 bits per heavy atom. The number of thioether (sulfide) groups is 1. The van der Waals surface area contributed by atoms with E-state index in [2.05, 4.69) is 16.0 Å². The highest BCUT2D eigenvalue weighted by atomic mass is 32.2. The number of hydrogen-bond acceptors (Lipinski definition) is 8. The predicted octanol–water partition coefficient (Wildman–Crippen LogP) is -1.82. The van der Waals surface area contributed by atoms with Gasteiger partial charge in [-0.15, -0.1) is 0 Å². The lowest BCUT2D eigenvalue weighted by molar-refractivity contribution is -0.141. The van der Waals surface area contributed by atoms with Crippen LogP contribution in [0.1, 0.15) is 12.0 Å². The third-order valence-corrected chi connectivity index (χ3v) is 4.85. The van der Waals surface area contributed by atoms with Crippen molar-refractivity contribution < 1.29 is 34.5 Å². The highest BCUT2D eigenvalue weighted by molar-refractivity contribution is 7.98. The van der Waals surface area contributed by atoms with Gasteiger partial charge in [-0.2, -0.15) is 11.8 Å². The van der Waals surface area contributed by atoms with Gasteiger partial charge in [0, 0.05) is 6.42 Å². The van der Waals surface area contributed by atoms with Crippen molar-refractivity contribution in [3.63, 3.8) is 0 Å². The van der Waals surface area contributed by atoms with Gasteiger partial charge in [0.25, 0.3) is 0 Å². The molecule has 8 N–H and O–H groups in total. The van der Waals surface area contributed by atoms with Crippen LogP contribution >= 0.6 is 11.8 Å². The molecule has 0 radical (unpaired) electrons. The number of aliphatic carboxylic acids is 1. The summed E-state index contributed by atoms with van der Waals surface area (Å²) in [5.41, 5.74) is 6.09. The summed E-state index contributed by atoms with van der Waals surface area (Å²) in [6, 6.07) is 2.53. The van der Waals surface area contributed by atoms with Crippen molar-refractivity contribution in [3.8, 4) is 5.75 Å². The molecule has 12 heteroatoms. The lowest BCUT2D eigenvalue weighted by Gasteiger charge is -2.20. The predicted molar refractivity (Wildman–Crippen MR) is 114 cm³/mol. The van der Waals surface area contributed by atoms with Crippen LogP contribution in [0.2, 0.25) is 0 Å². The Kier molecular flexibility index (Phi) is 11.4. The van der Waals surface area contributed by atoms with E-state index in [-0.39, 0.29) is 18.6 Å². The molecule has 0 saturated carbocycles. The Hall–Kier alpha value is -2.83. The zero-order chi connectivity index (χ0) is 23.4. The summed E-state index contributed by atoms with van der Waals surface area (Å²) < 4.78 is 0. The van der Waals surface area contributed by atoms with Crippen LogP contribution < -0.4 is 21.7 Å². The van der Waals surface area contributed by atoms with E-state index in [4.69, 9.17) is 15.9 Å². The summed E-state index contributed by atoms with van der Waals surface area (Å²) >= 11 is 1.44. The van der Waals surface area contributed by atoms with Gasteiger partial charge in [0.1, 0.15) is 23.9 Å².